The molecule has 1 aromatic heterocycles. The van der Waals surface area contributed by atoms with Crippen molar-refractivity contribution in [3.63, 3.8) is 0 Å². The molecule has 1 aliphatic heterocycles. The number of carbonyl (C=O) groups excluding carboxylic acids is 1. The molecular weight excluding hydrogens is 344 g/mol. The smallest absolute Gasteiger partial charge is 0.478 e. The van der Waals surface area contributed by atoms with Gasteiger partial charge in [-0.1, -0.05) is 0 Å². The fraction of sp³-hybridized carbons (Fsp3) is 0.500. The quantitative estimate of drug-likeness (QED) is 0.795. The van der Waals surface area contributed by atoms with Crippen LogP contribution in [0.2, 0.25) is 0 Å². The fourth-order valence-corrected chi connectivity index (χ4v) is 2.03. The molecule has 0 bridgehead atoms. The molecule has 1 saturated heterocycles. The third-order valence-corrected chi connectivity index (χ3v) is 4.15. The molecule has 0 radical (unpaired) electrons. The third-order valence-electron chi connectivity index (χ3n) is 4.15. The molecule has 0 unspecified atom stereocenters. The first-order valence-corrected chi connectivity index (χ1v) is 7.21. The van der Waals surface area contributed by atoms with Crippen LogP contribution in [0.1, 0.15) is 38.1 Å². The molecule has 1 aromatic rings. The SMILES string of the molecule is CC1(C)OB(c2cnc(NC(=O)C(F)(F)F)c(C(=O)O)c2)OC1(C)C. The van der Waals surface area contributed by atoms with Crippen molar-refractivity contribution in [2.75, 3.05) is 5.32 Å². The van der Waals surface area contributed by atoms with Crippen LogP contribution in [0.3, 0.4) is 0 Å². The van der Waals surface area contributed by atoms with E-state index in [9.17, 15) is 27.9 Å². The number of hydrogen-bond donors (Lipinski definition) is 2. The molecule has 7 nitrogen and oxygen atoms in total. The Hall–Kier alpha value is -2.14. The summed E-state index contributed by atoms with van der Waals surface area (Å²) in [5, 5.41) is 10.6. The minimum atomic E-state index is -5.16. The van der Waals surface area contributed by atoms with Gasteiger partial charge in [0.05, 0.1) is 11.2 Å². The Morgan fingerprint density at radius 2 is 1.72 bits per heavy atom. The van der Waals surface area contributed by atoms with Gasteiger partial charge in [0, 0.05) is 11.7 Å². The van der Waals surface area contributed by atoms with Gasteiger partial charge in [-0.2, -0.15) is 13.2 Å². The summed E-state index contributed by atoms with van der Waals surface area (Å²) in [5.74, 6) is -4.58. The van der Waals surface area contributed by atoms with Gasteiger partial charge in [0.2, 0.25) is 0 Å². The Morgan fingerprint density at radius 1 is 1.20 bits per heavy atom. The summed E-state index contributed by atoms with van der Waals surface area (Å²) in [7, 11) is -0.942. The highest BCUT2D eigenvalue weighted by atomic mass is 19.4. The van der Waals surface area contributed by atoms with Gasteiger partial charge < -0.3 is 19.7 Å². The van der Waals surface area contributed by atoms with Crippen LogP contribution >= 0.6 is 0 Å². The second-order valence-corrected chi connectivity index (χ2v) is 6.51. The summed E-state index contributed by atoms with van der Waals surface area (Å²) in [6.07, 6.45) is -4.07. The summed E-state index contributed by atoms with van der Waals surface area (Å²) >= 11 is 0. The average Bonchev–Trinajstić information content (AvgIpc) is 2.66. The first-order chi connectivity index (χ1) is 11.2. The second kappa shape index (κ2) is 5.99. The normalized spacial score (nSPS) is 18.9. The number of halogens is 3. The zero-order valence-corrected chi connectivity index (χ0v) is 13.9. The maximum absolute atomic E-state index is 12.3. The van der Waals surface area contributed by atoms with Gasteiger partial charge in [-0.25, -0.2) is 9.78 Å². The summed E-state index contributed by atoms with van der Waals surface area (Å²) in [5.41, 5.74) is -1.78. The number of alkyl halides is 3. The topological polar surface area (TPSA) is 97.8 Å². The van der Waals surface area contributed by atoms with Gasteiger partial charge in [0.15, 0.2) is 0 Å². The van der Waals surface area contributed by atoms with Crippen molar-refractivity contribution in [1.29, 1.82) is 0 Å². The molecule has 1 amide bonds. The van der Waals surface area contributed by atoms with Crippen molar-refractivity contribution < 1.29 is 37.2 Å². The van der Waals surface area contributed by atoms with Gasteiger partial charge in [-0.3, -0.25) is 4.79 Å². The highest BCUT2D eigenvalue weighted by Gasteiger charge is 2.52. The number of carbonyl (C=O) groups is 2. The van der Waals surface area contributed by atoms with Crippen LogP contribution in [0.4, 0.5) is 19.0 Å². The van der Waals surface area contributed by atoms with Crippen molar-refractivity contribution in [2.45, 2.75) is 45.1 Å². The lowest BCUT2D eigenvalue weighted by Crippen LogP contribution is -2.41. The molecule has 1 aliphatic rings. The van der Waals surface area contributed by atoms with Crippen LogP contribution in [0.25, 0.3) is 0 Å². The maximum atomic E-state index is 12.3. The van der Waals surface area contributed by atoms with E-state index < -0.39 is 47.8 Å². The number of carboxylic acid groups (broad SMARTS) is 1. The maximum Gasteiger partial charge on any atom is 0.496 e. The van der Waals surface area contributed by atoms with E-state index in [1.54, 1.807) is 27.7 Å². The van der Waals surface area contributed by atoms with Crippen LogP contribution in [-0.2, 0) is 14.1 Å². The molecule has 0 aromatic carbocycles. The van der Waals surface area contributed by atoms with E-state index in [1.807, 2.05) is 0 Å². The number of anilines is 1. The van der Waals surface area contributed by atoms with E-state index in [0.29, 0.717) is 0 Å². The van der Waals surface area contributed by atoms with Crippen LogP contribution in [-0.4, -0.2) is 46.5 Å². The monoisotopic (exact) mass is 360 g/mol. The number of nitrogens with zero attached hydrogens (tertiary/aromatic N) is 1. The Labute approximate surface area is 141 Å². The molecule has 0 aliphatic carbocycles. The van der Waals surface area contributed by atoms with E-state index in [4.69, 9.17) is 9.31 Å². The van der Waals surface area contributed by atoms with Crippen LogP contribution in [0, 0.1) is 0 Å². The zero-order chi connectivity index (χ0) is 19.2. The Bertz CT molecular complexity index is 705. The molecule has 2 rings (SSSR count). The summed E-state index contributed by atoms with van der Waals surface area (Å²) in [6, 6.07) is 1.06. The number of rotatable bonds is 3. The van der Waals surface area contributed by atoms with Crippen LogP contribution < -0.4 is 10.8 Å². The van der Waals surface area contributed by atoms with Crippen molar-refractivity contribution in [1.82, 2.24) is 4.98 Å². The van der Waals surface area contributed by atoms with E-state index in [-0.39, 0.29) is 5.46 Å². The lowest BCUT2D eigenvalue weighted by atomic mass is 9.79. The van der Waals surface area contributed by atoms with Crippen molar-refractivity contribution >= 4 is 30.3 Å². The molecule has 2 heterocycles. The third kappa shape index (κ3) is 3.77. The summed E-state index contributed by atoms with van der Waals surface area (Å²) < 4.78 is 48.5. The minimum Gasteiger partial charge on any atom is -0.478 e. The summed E-state index contributed by atoms with van der Waals surface area (Å²) in [6.45, 7) is 7.15. The van der Waals surface area contributed by atoms with Gasteiger partial charge in [-0.15, -0.1) is 0 Å². The Kier molecular flexibility index (Phi) is 4.60. The lowest BCUT2D eigenvalue weighted by Gasteiger charge is -2.32. The van der Waals surface area contributed by atoms with E-state index >= 15 is 0 Å². The number of pyridine rings is 1. The predicted molar refractivity (Wildman–Crippen MR) is 81.6 cm³/mol. The van der Waals surface area contributed by atoms with E-state index in [0.717, 1.165) is 12.3 Å². The number of aromatic carboxylic acids is 1. The van der Waals surface area contributed by atoms with Gasteiger partial charge in [-0.05, 0) is 33.8 Å². The Balaban J connectivity index is 2.34. The van der Waals surface area contributed by atoms with Crippen molar-refractivity contribution in [3.05, 3.63) is 17.8 Å². The molecule has 0 atom stereocenters. The Morgan fingerprint density at radius 3 is 2.16 bits per heavy atom. The molecule has 25 heavy (non-hydrogen) atoms. The number of aromatic nitrogens is 1. The van der Waals surface area contributed by atoms with Crippen molar-refractivity contribution in [2.24, 2.45) is 0 Å². The highest BCUT2D eigenvalue weighted by molar-refractivity contribution is 6.62. The number of hydrogen-bond acceptors (Lipinski definition) is 5. The first kappa shape index (κ1) is 19.2. The minimum absolute atomic E-state index is 0.209. The van der Waals surface area contributed by atoms with Crippen LogP contribution in [0.5, 0.6) is 0 Å². The molecular formula is C14H16BF3N2O5. The van der Waals surface area contributed by atoms with Gasteiger partial charge in [0.25, 0.3) is 0 Å². The molecule has 1 fully saturated rings. The second-order valence-electron chi connectivity index (χ2n) is 6.51. The highest BCUT2D eigenvalue weighted by Crippen LogP contribution is 2.36. The van der Waals surface area contributed by atoms with Gasteiger partial charge >= 0.3 is 25.2 Å². The van der Waals surface area contributed by atoms with Crippen molar-refractivity contribution in [3.8, 4) is 0 Å². The number of amides is 1. The standard InChI is InChI=1S/C14H16BF3N2O5/c1-12(2)13(3,4)25-15(24-12)7-5-8(10(21)22)9(19-6-7)20-11(23)14(16,17)18/h5-6H,1-4H3,(H,21,22)(H,19,20,23). The zero-order valence-electron chi connectivity index (χ0n) is 13.9. The molecule has 11 heteroatoms. The molecule has 0 saturated carbocycles. The average molecular weight is 360 g/mol. The number of carboxylic acids is 1. The fourth-order valence-electron chi connectivity index (χ4n) is 2.03. The number of nitrogens with one attached hydrogen (secondary N) is 1. The molecule has 136 valence electrons. The lowest BCUT2D eigenvalue weighted by molar-refractivity contribution is -0.167. The summed E-state index contributed by atoms with van der Waals surface area (Å²) in [4.78, 5) is 25.9. The van der Waals surface area contributed by atoms with E-state index in [1.165, 1.54) is 5.32 Å². The largest absolute Gasteiger partial charge is 0.496 e. The predicted octanol–water partition coefficient (Wildman–Crippen LogP) is 1.58. The molecule has 2 N–H and O–H groups in total. The molecule has 0 spiro atoms. The van der Waals surface area contributed by atoms with Gasteiger partial charge in [0.1, 0.15) is 11.4 Å². The van der Waals surface area contributed by atoms with E-state index in [2.05, 4.69) is 4.98 Å². The first-order valence-electron chi connectivity index (χ1n) is 7.21. The van der Waals surface area contributed by atoms with Crippen LogP contribution in [0.15, 0.2) is 12.3 Å².